The van der Waals surface area contributed by atoms with Crippen molar-refractivity contribution < 1.29 is 38.7 Å². The second-order valence-corrected chi connectivity index (χ2v) is 24.4. The van der Waals surface area contributed by atoms with Gasteiger partial charge in [-0.15, -0.1) is 0 Å². The Labute approximate surface area is 423 Å². The summed E-state index contributed by atoms with van der Waals surface area (Å²) in [7, 11) is 0. The number of aliphatic hydroxyl groups is 1. The number of Topliss-reactive ketones (excluding diaryl/α,β-unsaturated/α-hetero) is 7. The normalized spacial score (nSPS) is 22.0. The highest BCUT2D eigenvalue weighted by Crippen LogP contribution is 2.49. The van der Waals surface area contributed by atoms with Gasteiger partial charge in [0.1, 0.15) is 17.6 Å². The van der Waals surface area contributed by atoms with Gasteiger partial charge in [0, 0.05) is 12.8 Å². The molecule has 0 aliphatic heterocycles. The molecule has 4 rings (SSSR count). The van der Waals surface area contributed by atoms with Crippen LogP contribution in [-0.4, -0.2) is 51.7 Å². The summed E-state index contributed by atoms with van der Waals surface area (Å²) in [6.07, 6.45) is 6.41. The van der Waals surface area contributed by atoms with Gasteiger partial charge in [0.15, 0.2) is 34.7 Å². The van der Waals surface area contributed by atoms with Gasteiger partial charge < -0.3 is 5.11 Å². The highest BCUT2D eigenvalue weighted by Gasteiger charge is 2.60. The predicted molar refractivity (Wildman–Crippen MR) is 281 cm³/mol. The summed E-state index contributed by atoms with van der Waals surface area (Å²) in [4.78, 5) is 101. The number of hydrogen-bond acceptors (Lipinski definition) is 8. The van der Waals surface area contributed by atoms with E-state index >= 15 is 0 Å². The Hall–Kier alpha value is -3.91. The van der Waals surface area contributed by atoms with Crippen molar-refractivity contribution in [3.8, 4) is 0 Å². The molecule has 0 heterocycles. The minimum Gasteiger partial charge on any atom is -0.391 e. The number of carbonyl (C=O) groups is 7. The van der Waals surface area contributed by atoms with E-state index < -0.39 is 63.7 Å². The van der Waals surface area contributed by atoms with E-state index in [9.17, 15) is 38.7 Å². The van der Waals surface area contributed by atoms with Crippen LogP contribution in [0.15, 0.2) is 42.5 Å². The van der Waals surface area contributed by atoms with Crippen molar-refractivity contribution in [1.82, 2.24) is 0 Å². The molecule has 70 heavy (non-hydrogen) atoms. The summed E-state index contributed by atoms with van der Waals surface area (Å²) in [5.41, 5.74) is 2.57. The molecule has 2 aliphatic rings. The fourth-order valence-electron chi connectivity index (χ4n) is 11.5. The van der Waals surface area contributed by atoms with Gasteiger partial charge >= 0.3 is 0 Å². The zero-order chi connectivity index (χ0) is 52.2. The van der Waals surface area contributed by atoms with Crippen LogP contribution < -0.4 is 0 Å². The molecule has 0 saturated heterocycles. The molecule has 0 radical (unpaired) electrons. The molecule has 0 spiro atoms. The zero-order valence-corrected chi connectivity index (χ0v) is 45.7. The molecule has 2 aliphatic carbocycles. The summed E-state index contributed by atoms with van der Waals surface area (Å²) >= 11 is 0. The number of hydrogen-bond donors (Lipinski definition) is 1. The van der Waals surface area contributed by atoms with Gasteiger partial charge in [0.05, 0.1) is 28.8 Å². The van der Waals surface area contributed by atoms with E-state index in [1.165, 1.54) is 0 Å². The lowest BCUT2D eigenvalue weighted by molar-refractivity contribution is -0.167. The highest BCUT2D eigenvalue weighted by atomic mass is 16.3. The quantitative estimate of drug-likeness (QED) is 0.0832. The highest BCUT2D eigenvalue weighted by molar-refractivity contribution is 6.34. The van der Waals surface area contributed by atoms with Gasteiger partial charge in [-0.3, -0.25) is 33.6 Å². The van der Waals surface area contributed by atoms with Gasteiger partial charge in [-0.1, -0.05) is 124 Å². The van der Waals surface area contributed by atoms with Crippen molar-refractivity contribution in [2.24, 2.45) is 70.0 Å². The summed E-state index contributed by atoms with van der Waals surface area (Å²) < 4.78 is 0. The van der Waals surface area contributed by atoms with Crippen LogP contribution in [0.2, 0.25) is 0 Å². The number of aliphatic hydroxyl groups excluding tert-OH is 1. The van der Waals surface area contributed by atoms with Crippen molar-refractivity contribution in [2.75, 3.05) is 0 Å². The number of ketones is 7. The first-order valence-electron chi connectivity index (χ1n) is 27.4. The second-order valence-electron chi connectivity index (χ2n) is 24.4. The van der Waals surface area contributed by atoms with Crippen molar-refractivity contribution in [3.63, 3.8) is 0 Å². The summed E-state index contributed by atoms with van der Waals surface area (Å²) in [6, 6.07) is 14.1. The van der Waals surface area contributed by atoms with E-state index in [0.717, 1.165) is 27.8 Å². The van der Waals surface area contributed by atoms with Crippen LogP contribution in [-0.2, 0) is 52.8 Å². The monoisotopic (exact) mass is 965 g/mol. The van der Waals surface area contributed by atoms with E-state index in [0.29, 0.717) is 96.3 Å². The molecular formula is C62H92O8. The molecule has 2 aromatic rings. The molecule has 1 N–H and O–H groups in total. The van der Waals surface area contributed by atoms with Gasteiger partial charge in [0.25, 0.3) is 0 Å². The molecule has 2 saturated carbocycles. The summed E-state index contributed by atoms with van der Waals surface area (Å²) in [6.45, 7) is 26.9. The van der Waals surface area contributed by atoms with Crippen molar-refractivity contribution >= 4 is 40.5 Å². The molecule has 6 unspecified atom stereocenters. The average Bonchev–Trinajstić information content (AvgIpc) is 3.27. The molecule has 6 atom stereocenters. The van der Waals surface area contributed by atoms with Crippen LogP contribution in [0.1, 0.15) is 194 Å². The van der Waals surface area contributed by atoms with Gasteiger partial charge in [-0.25, -0.2) is 0 Å². The minimum absolute atomic E-state index is 0.00803. The maximum absolute atomic E-state index is 14.9. The van der Waals surface area contributed by atoms with Crippen LogP contribution in [0.25, 0.3) is 0 Å². The first-order chi connectivity index (χ1) is 32.8. The van der Waals surface area contributed by atoms with E-state index in [1.807, 2.05) is 44.2 Å². The first-order valence-corrected chi connectivity index (χ1v) is 27.4. The lowest BCUT2D eigenvalue weighted by atomic mass is 9.56. The Bertz CT molecular complexity index is 2110. The second kappa shape index (κ2) is 26.2. The van der Waals surface area contributed by atoms with E-state index in [4.69, 9.17) is 0 Å². The lowest BCUT2D eigenvalue weighted by Crippen LogP contribution is -2.60. The molecule has 0 aromatic heterocycles. The maximum atomic E-state index is 14.9. The van der Waals surface area contributed by atoms with Gasteiger partial charge in [0.2, 0.25) is 0 Å². The number of aryl methyl sites for hydroxylation is 4. The molecule has 8 nitrogen and oxygen atoms in total. The maximum Gasteiger partial charge on any atom is 0.164 e. The van der Waals surface area contributed by atoms with Crippen molar-refractivity contribution in [3.05, 3.63) is 70.3 Å². The van der Waals surface area contributed by atoms with Crippen LogP contribution in [0.4, 0.5) is 0 Å². The average molecular weight is 965 g/mol. The first kappa shape index (κ1) is 58.7. The predicted octanol–water partition coefficient (Wildman–Crippen LogP) is 12.8. The van der Waals surface area contributed by atoms with Crippen LogP contribution in [0, 0.1) is 83.9 Å². The third-order valence-corrected chi connectivity index (χ3v) is 16.1. The van der Waals surface area contributed by atoms with Crippen LogP contribution >= 0.6 is 0 Å². The van der Waals surface area contributed by atoms with Gasteiger partial charge in [-0.2, -0.15) is 0 Å². The minimum atomic E-state index is -1.43. The van der Waals surface area contributed by atoms with Gasteiger partial charge in [-0.05, 0) is 168 Å². The molecule has 388 valence electrons. The van der Waals surface area contributed by atoms with E-state index in [-0.39, 0.29) is 65.7 Å². The molecule has 0 amide bonds. The Morgan fingerprint density at radius 1 is 0.557 bits per heavy atom. The molecule has 0 bridgehead atoms. The van der Waals surface area contributed by atoms with Crippen LogP contribution in [0.3, 0.4) is 0 Å². The molecular weight excluding hydrogens is 873 g/mol. The Morgan fingerprint density at radius 3 is 1.61 bits per heavy atom. The SMILES string of the molecule is Cc1cc(CCC(=O)C2C(=O)C(CCC(C)C)C(=O)C(CCC(C)C)(CCC(C)C)C2=O)cc(CC(C)CCC2C(=O)C(C(=O)CCc3ccccc3C)C(O)C(CCC(C)C)(CCC(C)C)C2=O)c1. The molecule has 2 aromatic carbocycles. The fraction of sp³-hybridized carbons (Fsp3) is 0.694. The topological polar surface area (TPSA) is 140 Å². The van der Waals surface area contributed by atoms with E-state index in [1.54, 1.807) is 0 Å². The third kappa shape index (κ3) is 14.8. The molecule has 2 fully saturated rings. The smallest absolute Gasteiger partial charge is 0.164 e. The summed E-state index contributed by atoms with van der Waals surface area (Å²) in [5, 5.41) is 12.2. The van der Waals surface area contributed by atoms with Crippen molar-refractivity contribution in [2.45, 2.75) is 205 Å². The summed E-state index contributed by atoms with van der Waals surface area (Å²) in [5.74, 6) is -5.81. The lowest BCUT2D eigenvalue weighted by Gasteiger charge is -2.47. The number of rotatable bonds is 28. The number of benzene rings is 2. The van der Waals surface area contributed by atoms with Crippen molar-refractivity contribution in [1.29, 1.82) is 0 Å². The largest absolute Gasteiger partial charge is 0.391 e. The zero-order valence-electron chi connectivity index (χ0n) is 45.7. The number of carbonyl (C=O) groups excluding carboxylic acids is 7. The van der Waals surface area contributed by atoms with Crippen LogP contribution in [0.5, 0.6) is 0 Å². The van der Waals surface area contributed by atoms with E-state index in [2.05, 4.69) is 88.3 Å². The molecule has 8 heteroatoms. The Balaban J connectivity index is 1.56. The Morgan fingerprint density at radius 2 is 1.06 bits per heavy atom. The standard InChI is InChI=1S/C62H92O8/c1-38(2)18-22-49-55(65)53(59(69)61(57(49)67,30-26-39(3)4)31-27-40(5)6)51(63)24-20-46-35-44(12)36-47(37-46)34-43(11)19-23-50-56(66)54(52(64)25-21-48-17-15-14-16-45(48)13)60(70)62(58(50)68,32-28-41(7)8)33-29-42(9)10/h14-17,35-43,49-50,53-54,60,70H,18-34H2,1-13H3. The third-order valence-electron chi connectivity index (χ3n) is 16.1. The fourth-order valence-corrected chi connectivity index (χ4v) is 11.5. The Kier molecular flexibility index (Phi) is 21.9.